The van der Waals surface area contributed by atoms with E-state index in [0.29, 0.717) is 24.2 Å². The predicted molar refractivity (Wildman–Crippen MR) is 149 cm³/mol. The van der Waals surface area contributed by atoms with Gasteiger partial charge in [-0.3, -0.25) is 4.79 Å². The predicted octanol–water partition coefficient (Wildman–Crippen LogP) is 5.29. The van der Waals surface area contributed by atoms with Gasteiger partial charge in [-0.05, 0) is 85.9 Å². The Morgan fingerprint density at radius 3 is 2.69 bits per heavy atom. The van der Waals surface area contributed by atoms with E-state index in [1.807, 2.05) is 18.0 Å². The second kappa shape index (κ2) is 11.2. The first-order valence-corrected chi connectivity index (χ1v) is 13.2. The number of fused-ring (bicyclic) bond motifs is 1. The minimum atomic E-state index is 0.220. The lowest BCUT2D eigenvalue weighted by Crippen LogP contribution is -2.42. The lowest BCUT2D eigenvalue weighted by molar-refractivity contribution is -0.131. The highest BCUT2D eigenvalue weighted by Gasteiger charge is 2.25. The second-order valence-corrected chi connectivity index (χ2v) is 10.2. The highest BCUT2D eigenvalue weighted by atomic mass is 16.2. The number of carbonyl (C=O) groups excluding carboxylic acids is 1. The molecule has 0 unspecified atom stereocenters. The highest BCUT2D eigenvalue weighted by Crippen LogP contribution is 2.40. The largest absolute Gasteiger partial charge is 0.390 e. The fourth-order valence-electron chi connectivity index (χ4n) is 5.38. The van der Waals surface area contributed by atoms with Gasteiger partial charge in [0.15, 0.2) is 5.82 Å². The van der Waals surface area contributed by atoms with Crippen LogP contribution in [0.2, 0.25) is 0 Å². The summed E-state index contributed by atoms with van der Waals surface area (Å²) in [5.41, 5.74) is 13.8. The molecule has 1 aliphatic rings. The Labute approximate surface area is 214 Å². The van der Waals surface area contributed by atoms with Gasteiger partial charge in [0.05, 0.1) is 18.6 Å². The van der Waals surface area contributed by atoms with E-state index in [1.54, 1.807) is 0 Å². The van der Waals surface area contributed by atoms with Crippen LogP contribution in [0.4, 0.5) is 5.82 Å². The molecule has 0 spiro atoms. The van der Waals surface area contributed by atoms with Crippen molar-refractivity contribution in [3.63, 3.8) is 0 Å². The van der Waals surface area contributed by atoms with Crippen molar-refractivity contribution in [3.8, 4) is 11.3 Å². The van der Waals surface area contributed by atoms with Gasteiger partial charge in [-0.1, -0.05) is 26.8 Å². The molecular weight excluding hydrogens is 448 g/mol. The number of pyridine rings is 1. The Kier molecular flexibility index (Phi) is 8.09. The monoisotopic (exact) mass is 488 g/mol. The Morgan fingerprint density at radius 1 is 1.28 bits per heavy atom. The van der Waals surface area contributed by atoms with E-state index in [4.69, 9.17) is 5.73 Å². The van der Waals surface area contributed by atoms with E-state index in [0.717, 1.165) is 66.8 Å². The quantitative estimate of drug-likeness (QED) is 0.228. The molecule has 3 aromatic rings. The number of nitrogens with zero attached hydrogens (tertiary/aromatic N) is 3. The van der Waals surface area contributed by atoms with Gasteiger partial charge in [-0.15, -0.1) is 0 Å². The van der Waals surface area contributed by atoms with Crippen LogP contribution in [0, 0.1) is 13.8 Å². The number of benzene rings is 1. The Morgan fingerprint density at radius 2 is 2.03 bits per heavy atom. The molecule has 0 bridgehead atoms. The number of carbonyl (C=O) groups is 1. The first-order chi connectivity index (χ1) is 17.3. The van der Waals surface area contributed by atoms with Gasteiger partial charge >= 0.3 is 0 Å². The van der Waals surface area contributed by atoms with Gasteiger partial charge in [-0.2, -0.15) is 0 Å². The molecular formula is C29H40N6O. The molecule has 36 heavy (non-hydrogen) atoms. The maximum atomic E-state index is 12.5. The molecule has 1 saturated heterocycles. The molecule has 4 N–H and O–H groups in total. The number of aromatic nitrogens is 2. The lowest BCUT2D eigenvalue weighted by Gasteiger charge is -2.32. The molecule has 4 rings (SSSR count). The first-order valence-electron chi connectivity index (χ1n) is 13.2. The van der Waals surface area contributed by atoms with Crippen LogP contribution < -0.4 is 11.1 Å². The average molecular weight is 489 g/mol. The normalized spacial score (nSPS) is 15.0. The van der Waals surface area contributed by atoms with E-state index in [2.05, 4.69) is 66.2 Å². The summed E-state index contributed by atoms with van der Waals surface area (Å²) in [6.07, 6.45) is 6.25. The fraction of sp³-hybridized carbons (Fsp3) is 0.483. The number of amides is 1. The van der Waals surface area contributed by atoms with Crippen molar-refractivity contribution in [2.75, 3.05) is 26.2 Å². The topological polar surface area (TPSA) is 99.4 Å². The summed E-state index contributed by atoms with van der Waals surface area (Å²) in [4.78, 5) is 27.0. The standard InChI is InChI=1S/C29H40N6O/c1-6-11-31-16-26(36)35-12-9-21(10-13-35)22-7-8-25-23(14-22)27(18(2)3)28(34-25)24-15-32-29(33-17-30)20(5)19(24)4/h7-8,14-15,17-18,21,31,34H,6,9-13,16H2,1-5H3,(H2,30,32,33). The van der Waals surface area contributed by atoms with E-state index in [9.17, 15) is 4.79 Å². The van der Waals surface area contributed by atoms with Crippen LogP contribution in [-0.4, -0.2) is 53.3 Å². The van der Waals surface area contributed by atoms with Gasteiger partial charge in [0.2, 0.25) is 5.91 Å². The molecule has 0 radical (unpaired) electrons. The van der Waals surface area contributed by atoms with E-state index < -0.39 is 0 Å². The van der Waals surface area contributed by atoms with Crippen LogP contribution in [0.5, 0.6) is 0 Å². The minimum Gasteiger partial charge on any atom is -0.390 e. The van der Waals surface area contributed by atoms with Crippen LogP contribution in [0.15, 0.2) is 29.4 Å². The van der Waals surface area contributed by atoms with Gasteiger partial charge in [0.25, 0.3) is 0 Å². The van der Waals surface area contributed by atoms with E-state index in [-0.39, 0.29) is 5.91 Å². The van der Waals surface area contributed by atoms with Crippen molar-refractivity contribution >= 4 is 29.0 Å². The Bertz CT molecular complexity index is 1250. The van der Waals surface area contributed by atoms with Gasteiger partial charge < -0.3 is 20.9 Å². The van der Waals surface area contributed by atoms with Crippen LogP contribution in [0.25, 0.3) is 22.2 Å². The number of piperidine rings is 1. The zero-order valence-corrected chi connectivity index (χ0v) is 22.3. The van der Waals surface area contributed by atoms with E-state index in [1.165, 1.54) is 22.9 Å². The molecule has 2 aromatic heterocycles. The molecule has 1 aromatic carbocycles. The lowest BCUT2D eigenvalue weighted by atomic mass is 9.87. The number of aliphatic imine (C=N–C) groups is 1. The zero-order chi connectivity index (χ0) is 25.8. The summed E-state index contributed by atoms with van der Waals surface area (Å²) in [7, 11) is 0. The third-order valence-corrected chi connectivity index (χ3v) is 7.55. The van der Waals surface area contributed by atoms with Gasteiger partial charge in [0, 0.05) is 35.8 Å². The third-order valence-electron chi connectivity index (χ3n) is 7.55. The summed E-state index contributed by atoms with van der Waals surface area (Å²) in [5, 5.41) is 4.51. The first kappa shape index (κ1) is 25.9. The summed E-state index contributed by atoms with van der Waals surface area (Å²) in [6.45, 7) is 13.8. The minimum absolute atomic E-state index is 0.220. The molecule has 7 heteroatoms. The van der Waals surface area contributed by atoms with Crippen LogP contribution >= 0.6 is 0 Å². The molecule has 1 fully saturated rings. The van der Waals surface area contributed by atoms with Crippen molar-refractivity contribution in [2.45, 2.75) is 65.7 Å². The Hall–Kier alpha value is -3.19. The van der Waals surface area contributed by atoms with E-state index >= 15 is 0 Å². The van der Waals surface area contributed by atoms with Crippen molar-refractivity contribution in [1.29, 1.82) is 0 Å². The summed E-state index contributed by atoms with van der Waals surface area (Å²) in [6, 6.07) is 6.85. The molecule has 7 nitrogen and oxygen atoms in total. The summed E-state index contributed by atoms with van der Waals surface area (Å²) < 4.78 is 0. The van der Waals surface area contributed by atoms with Crippen LogP contribution in [0.3, 0.4) is 0 Å². The SMILES string of the molecule is CCCNCC(=O)N1CCC(c2ccc3[nH]c(-c4cnc(N=CN)c(C)c4C)c(C(C)C)c3c2)CC1. The summed E-state index contributed by atoms with van der Waals surface area (Å²) >= 11 is 0. The number of likely N-dealkylation sites (tertiary alicyclic amines) is 1. The van der Waals surface area contributed by atoms with Gasteiger partial charge in [-0.25, -0.2) is 9.98 Å². The molecule has 0 aliphatic carbocycles. The molecule has 1 aliphatic heterocycles. The number of nitrogens with two attached hydrogens (primary N) is 1. The van der Waals surface area contributed by atoms with Crippen LogP contribution in [-0.2, 0) is 4.79 Å². The third kappa shape index (κ3) is 5.16. The van der Waals surface area contributed by atoms with Gasteiger partial charge in [0.1, 0.15) is 0 Å². The summed E-state index contributed by atoms with van der Waals surface area (Å²) in [5.74, 6) is 1.70. The number of hydrogen-bond donors (Lipinski definition) is 3. The average Bonchev–Trinajstić information content (AvgIpc) is 3.26. The van der Waals surface area contributed by atoms with Crippen molar-refractivity contribution in [1.82, 2.24) is 20.2 Å². The maximum Gasteiger partial charge on any atom is 0.236 e. The number of hydrogen-bond acceptors (Lipinski definition) is 4. The second-order valence-electron chi connectivity index (χ2n) is 10.2. The van der Waals surface area contributed by atoms with Crippen molar-refractivity contribution in [3.05, 3.63) is 46.6 Å². The molecule has 1 amide bonds. The number of aromatic amines is 1. The number of rotatable bonds is 8. The maximum absolute atomic E-state index is 12.5. The Balaban J connectivity index is 1.61. The molecule has 3 heterocycles. The van der Waals surface area contributed by atoms with Crippen LogP contribution in [0.1, 0.15) is 74.1 Å². The molecule has 0 saturated carbocycles. The molecule has 0 atom stereocenters. The highest BCUT2D eigenvalue weighted by molar-refractivity contribution is 5.92. The smallest absolute Gasteiger partial charge is 0.236 e. The fourth-order valence-corrected chi connectivity index (χ4v) is 5.38. The zero-order valence-electron chi connectivity index (χ0n) is 22.3. The number of nitrogens with one attached hydrogen (secondary N) is 2. The van der Waals surface area contributed by atoms with Crippen molar-refractivity contribution in [2.24, 2.45) is 10.7 Å². The molecule has 192 valence electrons. The van der Waals surface area contributed by atoms with Crippen molar-refractivity contribution < 1.29 is 4.79 Å². The number of H-pyrrole nitrogens is 1.